The monoisotopic (exact) mass is 258 g/mol. The summed E-state index contributed by atoms with van der Waals surface area (Å²) >= 11 is 0. The fourth-order valence-electron chi connectivity index (χ4n) is 2.81. The van der Waals surface area contributed by atoms with Gasteiger partial charge in [-0.05, 0) is 24.1 Å². The van der Waals surface area contributed by atoms with Gasteiger partial charge in [-0.2, -0.15) is 0 Å². The van der Waals surface area contributed by atoms with Crippen molar-refractivity contribution in [1.82, 2.24) is 9.97 Å². The van der Waals surface area contributed by atoms with E-state index in [1.807, 2.05) is 24.4 Å². The van der Waals surface area contributed by atoms with Crippen LogP contribution < -0.4 is 0 Å². The molecule has 2 heterocycles. The number of pyridine rings is 1. The van der Waals surface area contributed by atoms with Crippen LogP contribution in [0.15, 0.2) is 60.8 Å². The number of fused-ring (bicyclic) bond motifs is 3. The molecule has 4 aromatic rings. The molecule has 0 aliphatic carbocycles. The molecule has 2 aromatic carbocycles. The number of aromatic nitrogens is 2. The molecule has 0 aliphatic rings. The molecule has 0 saturated carbocycles. The highest BCUT2D eigenvalue weighted by Crippen LogP contribution is 2.32. The van der Waals surface area contributed by atoms with Crippen molar-refractivity contribution in [3.8, 4) is 11.3 Å². The van der Waals surface area contributed by atoms with Gasteiger partial charge in [0.05, 0.1) is 11.0 Å². The van der Waals surface area contributed by atoms with E-state index in [4.69, 9.17) is 0 Å². The minimum atomic E-state index is 1.03. The van der Waals surface area contributed by atoms with Gasteiger partial charge in [-0.1, -0.05) is 48.5 Å². The Morgan fingerprint density at radius 1 is 0.850 bits per heavy atom. The molecule has 0 amide bonds. The zero-order valence-corrected chi connectivity index (χ0v) is 11.2. The number of nitrogens with one attached hydrogen (secondary N) is 1. The summed E-state index contributed by atoms with van der Waals surface area (Å²) in [5.41, 5.74) is 5.85. The van der Waals surface area contributed by atoms with E-state index < -0.39 is 0 Å². The van der Waals surface area contributed by atoms with Crippen LogP contribution in [0.5, 0.6) is 0 Å². The third kappa shape index (κ3) is 1.55. The maximum atomic E-state index is 4.56. The summed E-state index contributed by atoms with van der Waals surface area (Å²) in [6, 6.07) is 18.7. The minimum absolute atomic E-state index is 1.03. The fourth-order valence-corrected chi connectivity index (χ4v) is 2.81. The third-order valence-electron chi connectivity index (χ3n) is 3.87. The quantitative estimate of drug-likeness (QED) is 0.527. The Morgan fingerprint density at radius 3 is 2.45 bits per heavy atom. The van der Waals surface area contributed by atoms with Gasteiger partial charge in [0.25, 0.3) is 0 Å². The Balaban J connectivity index is 2.10. The maximum absolute atomic E-state index is 4.56. The largest absolute Gasteiger partial charge is 0.354 e. The van der Waals surface area contributed by atoms with Gasteiger partial charge in [0.2, 0.25) is 0 Å². The fraction of sp³-hybridized carbons (Fsp3) is 0.0556. The van der Waals surface area contributed by atoms with E-state index in [2.05, 4.69) is 53.3 Å². The van der Waals surface area contributed by atoms with Crippen LogP contribution in [0.4, 0.5) is 0 Å². The molecular weight excluding hydrogens is 244 g/mol. The van der Waals surface area contributed by atoms with Crippen molar-refractivity contribution in [3.05, 3.63) is 66.4 Å². The number of hydrogen-bond acceptors (Lipinski definition) is 1. The van der Waals surface area contributed by atoms with Crippen LogP contribution in [-0.4, -0.2) is 9.97 Å². The second-order valence-corrected chi connectivity index (χ2v) is 5.06. The summed E-state index contributed by atoms with van der Waals surface area (Å²) in [7, 11) is 0. The van der Waals surface area contributed by atoms with Crippen LogP contribution in [-0.2, 0) is 0 Å². The molecule has 0 atom stereocenters. The first-order chi connectivity index (χ1) is 9.84. The van der Waals surface area contributed by atoms with E-state index in [1.54, 1.807) is 0 Å². The normalized spacial score (nSPS) is 11.2. The van der Waals surface area contributed by atoms with E-state index >= 15 is 0 Å². The first-order valence-corrected chi connectivity index (χ1v) is 6.76. The van der Waals surface area contributed by atoms with Crippen LogP contribution in [0.2, 0.25) is 0 Å². The van der Waals surface area contributed by atoms with Gasteiger partial charge in [-0.15, -0.1) is 0 Å². The molecule has 0 aliphatic heterocycles. The number of nitrogens with zero attached hydrogens (tertiary/aromatic N) is 1. The van der Waals surface area contributed by atoms with E-state index in [9.17, 15) is 0 Å². The van der Waals surface area contributed by atoms with Gasteiger partial charge in [0.15, 0.2) is 0 Å². The number of para-hydroxylation sites is 1. The summed E-state index contributed by atoms with van der Waals surface area (Å²) in [4.78, 5) is 8.14. The zero-order chi connectivity index (χ0) is 13.5. The number of benzene rings is 2. The number of aryl methyl sites for hydroxylation is 1. The third-order valence-corrected chi connectivity index (χ3v) is 3.87. The van der Waals surface area contributed by atoms with Gasteiger partial charge < -0.3 is 4.98 Å². The molecule has 0 fully saturated rings. The van der Waals surface area contributed by atoms with Crippen molar-refractivity contribution in [2.75, 3.05) is 0 Å². The van der Waals surface area contributed by atoms with Gasteiger partial charge in [0.1, 0.15) is 0 Å². The van der Waals surface area contributed by atoms with E-state index in [-0.39, 0.29) is 0 Å². The summed E-state index contributed by atoms with van der Waals surface area (Å²) in [5.74, 6) is 0. The molecule has 0 spiro atoms. The predicted molar refractivity (Wildman–Crippen MR) is 83.8 cm³/mol. The smallest absolute Gasteiger partial charge is 0.0723 e. The maximum Gasteiger partial charge on any atom is 0.0723 e. The summed E-state index contributed by atoms with van der Waals surface area (Å²) in [5, 5.41) is 2.37. The number of H-pyrrole nitrogens is 1. The van der Waals surface area contributed by atoms with Crippen LogP contribution in [0.3, 0.4) is 0 Å². The topological polar surface area (TPSA) is 28.7 Å². The second-order valence-electron chi connectivity index (χ2n) is 5.06. The standard InChI is InChI=1S/C18H14N2/c1-12-15-11-19-16-10-6-5-9-14(16)18(15)20-17(12)13-7-3-2-4-8-13/h2-11,20H,1H3. The Morgan fingerprint density at radius 2 is 1.60 bits per heavy atom. The lowest BCUT2D eigenvalue weighted by molar-refractivity contribution is 1.41. The van der Waals surface area contributed by atoms with Crippen LogP contribution in [0.25, 0.3) is 33.1 Å². The first-order valence-electron chi connectivity index (χ1n) is 6.76. The van der Waals surface area contributed by atoms with Crippen molar-refractivity contribution in [2.24, 2.45) is 0 Å². The van der Waals surface area contributed by atoms with Crippen LogP contribution in [0.1, 0.15) is 5.56 Å². The van der Waals surface area contributed by atoms with Crippen molar-refractivity contribution >= 4 is 21.8 Å². The average Bonchev–Trinajstić information content (AvgIpc) is 2.86. The van der Waals surface area contributed by atoms with Crippen molar-refractivity contribution in [3.63, 3.8) is 0 Å². The highest BCUT2D eigenvalue weighted by Gasteiger charge is 2.11. The number of rotatable bonds is 1. The molecule has 0 radical (unpaired) electrons. The molecule has 0 bridgehead atoms. The molecule has 2 aromatic heterocycles. The van der Waals surface area contributed by atoms with E-state index in [0.717, 1.165) is 5.52 Å². The molecule has 20 heavy (non-hydrogen) atoms. The van der Waals surface area contributed by atoms with Crippen LogP contribution >= 0.6 is 0 Å². The molecule has 1 N–H and O–H groups in total. The predicted octanol–water partition coefficient (Wildman–Crippen LogP) is 4.69. The van der Waals surface area contributed by atoms with E-state index in [0.29, 0.717) is 0 Å². The SMILES string of the molecule is Cc1c(-c2ccccc2)[nH]c2c1cnc1ccccc12. The molecule has 2 nitrogen and oxygen atoms in total. The molecule has 0 saturated heterocycles. The van der Waals surface area contributed by atoms with Gasteiger partial charge in [-0.25, -0.2) is 0 Å². The summed E-state index contributed by atoms with van der Waals surface area (Å²) in [6.45, 7) is 2.15. The van der Waals surface area contributed by atoms with Gasteiger partial charge in [-0.3, -0.25) is 4.98 Å². The number of hydrogen-bond donors (Lipinski definition) is 1. The van der Waals surface area contributed by atoms with Crippen molar-refractivity contribution in [1.29, 1.82) is 0 Å². The van der Waals surface area contributed by atoms with Crippen molar-refractivity contribution < 1.29 is 0 Å². The summed E-state index contributed by atoms with van der Waals surface area (Å²) < 4.78 is 0. The Bertz CT molecular complexity index is 905. The Hall–Kier alpha value is -2.61. The molecule has 0 unspecified atom stereocenters. The highest BCUT2D eigenvalue weighted by atomic mass is 14.8. The average molecular weight is 258 g/mol. The first kappa shape index (κ1) is 11.2. The lowest BCUT2D eigenvalue weighted by Gasteiger charge is -1.98. The van der Waals surface area contributed by atoms with Crippen LogP contribution in [0, 0.1) is 6.92 Å². The minimum Gasteiger partial charge on any atom is -0.354 e. The molecule has 2 heteroatoms. The Kier molecular flexibility index (Phi) is 2.36. The highest BCUT2D eigenvalue weighted by molar-refractivity contribution is 6.06. The molecular formula is C18H14N2. The summed E-state index contributed by atoms with van der Waals surface area (Å²) in [6.07, 6.45) is 1.97. The van der Waals surface area contributed by atoms with E-state index in [1.165, 1.54) is 33.1 Å². The second kappa shape index (κ2) is 4.20. The Labute approximate surface area is 117 Å². The molecule has 4 rings (SSSR count). The number of aromatic amines is 1. The van der Waals surface area contributed by atoms with Crippen molar-refractivity contribution in [2.45, 2.75) is 6.92 Å². The lowest BCUT2D eigenvalue weighted by atomic mass is 10.1. The molecule has 96 valence electrons. The van der Waals surface area contributed by atoms with Gasteiger partial charge in [0, 0.05) is 22.7 Å². The zero-order valence-electron chi connectivity index (χ0n) is 11.2. The van der Waals surface area contributed by atoms with Gasteiger partial charge >= 0.3 is 0 Å². The lowest BCUT2D eigenvalue weighted by Crippen LogP contribution is -1.79.